The van der Waals surface area contributed by atoms with Gasteiger partial charge in [-0.1, -0.05) is 30.3 Å². The van der Waals surface area contributed by atoms with Gasteiger partial charge in [0.25, 0.3) is 0 Å². The summed E-state index contributed by atoms with van der Waals surface area (Å²) in [6.07, 6.45) is 2.76. The molecule has 4 N–H and O–H groups in total. The zero-order valence-corrected chi connectivity index (χ0v) is 17.7. The zero-order valence-electron chi connectivity index (χ0n) is 17.7. The molecule has 1 saturated heterocycles. The minimum absolute atomic E-state index is 0.0349. The number of rotatable bonds is 5. The lowest BCUT2D eigenvalue weighted by Crippen LogP contribution is -2.57. The number of hydrogen-bond acceptors (Lipinski definition) is 5. The molecular formula is C22H34N4O3. The zero-order chi connectivity index (χ0) is 21.0. The van der Waals surface area contributed by atoms with Crippen LogP contribution in [0.2, 0.25) is 0 Å². The molecule has 2 amide bonds. The standard InChI is InChI=1S/C22H34N4O3/c1-22(2,3)25-16-9-10-19(17(23)13-16)26-12-11-18(20(26)27)24-21(28)29-14-15-7-5-4-6-8-15/h4-8,16-19,25H,9-14,23H2,1-3H3,(H,24,28)/t16-,17-,18?,19+/m1/s1. The van der Waals surface area contributed by atoms with Crippen LogP contribution in [0.25, 0.3) is 0 Å². The highest BCUT2D eigenvalue weighted by Gasteiger charge is 2.41. The van der Waals surface area contributed by atoms with Crippen LogP contribution in [-0.4, -0.2) is 53.2 Å². The van der Waals surface area contributed by atoms with E-state index in [1.54, 1.807) is 0 Å². The Morgan fingerprint density at radius 1 is 1.21 bits per heavy atom. The van der Waals surface area contributed by atoms with E-state index in [1.165, 1.54) is 0 Å². The van der Waals surface area contributed by atoms with E-state index in [1.807, 2.05) is 35.2 Å². The maximum Gasteiger partial charge on any atom is 0.408 e. The molecule has 0 radical (unpaired) electrons. The van der Waals surface area contributed by atoms with Crippen molar-refractivity contribution in [1.82, 2.24) is 15.5 Å². The van der Waals surface area contributed by atoms with Crippen LogP contribution in [0.3, 0.4) is 0 Å². The maximum atomic E-state index is 12.9. The molecule has 0 bridgehead atoms. The summed E-state index contributed by atoms with van der Waals surface area (Å²) in [4.78, 5) is 26.8. The van der Waals surface area contributed by atoms with Crippen molar-refractivity contribution in [1.29, 1.82) is 0 Å². The molecule has 7 heteroatoms. The van der Waals surface area contributed by atoms with Crippen LogP contribution in [-0.2, 0) is 16.1 Å². The summed E-state index contributed by atoms with van der Waals surface area (Å²) in [5.41, 5.74) is 7.41. The van der Waals surface area contributed by atoms with Crippen LogP contribution in [0.5, 0.6) is 0 Å². The Hall–Kier alpha value is -2.12. The molecule has 4 atom stereocenters. The van der Waals surface area contributed by atoms with Crippen LogP contribution in [0.4, 0.5) is 4.79 Å². The average Bonchev–Trinajstić information content (AvgIpc) is 3.00. The van der Waals surface area contributed by atoms with Crippen molar-refractivity contribution >= 4 is 12.0 Å². The van der Waals surface area contributed by atoms with E-state index in [-0.39, 0.29) is 30.1 Å². The summed E-state index contributed by atoms with van der Waals surface area (Å²) >= 11 is 0. The number of nitrogens with two attached hydrogens (primary N) is 1. The number of nitrogens with zero attached hydrogens (tertiary/aromatic N) is 1. The van der Waals surface area contributed by atoms with Gasteiger partial charge in [-0.15, -0.1) is 0 Å². The molecular weight excluding hydrogens is 368 g/mol. The van der Waals surface area contributed by atoms with Gasteiger partial charge in [-0.3, -0.25) is 4.79 Å². The van der Waals surface area contributed by atoms with Crippen molar-refractivity contribution in [2.75, 3.05) is 6.54 Å². The lowest BCUT2D eigenvalue weighted by molar-refractivity contribution is -0.132. The number of benzene rings is 1. The molecule has 2 aliphatic rings. The predicted molar refractivity (Wildman–Crippen MR) is 112 cm³/mol. The number of hydrogen-bond donors (Lipinski definition) is 3. The number of carbonyl (C=O) groups excluding carboxylic acids is 2. The minimum atomic E-state index is -0.559. The van der Waals surface area contributed by atoms with Gasteiger partial charge in [0.15, 0.2) is 0 Å². The first-order valence-corrected chi connectivity index (χ1v) is 10.5. The number of carbonyl (C=O) groups is 2. The van der Waals surface area contributed by atoms with Gasteiger partial charge in [-0.05, 0) is 52.0 Å². The summed E-state index contributed by atoms with van der Waals surface area (Å²) in [6.45, 7) is 7.27. The van der Waals surface area contributed by atoms with E-state index in [0.29, 0.717) is 19.0 Å². The van der Waals surface area contributed by atoms with E-state index in [9.17, 15) is 9.59 Å². The van der Waals surface area contributed by atoms with E-state index in [0.717, 1.165) is 24.8 Å². The monoisotopic (exact) mass is 402 g/mol. The Morgan fingerprint density at radius 3 is 2.59 bits per heavy atom. The highest BCUT2D eigenvalue weighted by molar-refractivity contribution is 5.87. The van der Waals surface area contributed by atoms with E-state index in [2.05, 4.69) is 31.4 Å². The molecule has 2 fully saturated rings. The predicted octanol–water partition coefficient (Wildman–Crippen LogP) is 2.15. The first-order chi connectivity index (χ1) is 13.7. The summed E-state index contributed by atoms with van der Waals surface area (Å²) < 4.78 is 5.25. The molecule has 7 nitrogen and oxygen atoms in total. The van der Waals surface area contributed by atoms with Crippen molar-refractivity contribution in [2.24, 2.45) is 5.73 Å². The van der Waals surface area contributed by atoms with Gasteiger partial charge in [-0.2, -0.15) is 0 Å². The van der Waals surface area contributed by atoms with Gasteiger partial charge in [0.2, 0.25) is 5.91 Å². The fourth-order valence-electron chi connectivity index (χ4n) is 4.39. The summed E-state index contributed by atoms with van der Waals surface area (Å²) in [6, 6.07) is 9.30. The molecule has 1 saturated carbocycles. The van der Waals surface area contributed by atoms with Crippen LogP contribution in [0.1, 0.15) is 52.0 Å². The van der Waals surface area contributed by atoms with Crippen molar-refractivity contribution < 1.29 is 14.3 Å². The SMILES string of the molecule is CC(C)(C)N[C@@H]1CC[C@H](N2CCC(NC(=O)OCc3ccccc3)C2=O)[C@H](N)C1. The third kappa shape index (κ3) is 5.93. The molecule has 1 aliphatic carbocycles. The third-order valence-corrected chi connectivity index (χ3v) is 5.64. The van der Waals surface area contributed by atoms with E-state index < -0.39 is 12.1 Å². The average molecular weight is 403 g/mol. The number of ether oxygens (including phenoxy) is 1. The normalized spacial score (nSPS) is 27.7. The summed E-state index contributed by atoms with van der Waals surface area (Å²) in [5, 5.41) is 6.33. The van der Waals surface area contributed by atoms with Gasteiger partial charge < -0.3 is 26.0 Å². The molecule has 3 rings (SSSR count). The maximum absolute atomic E-state index is 12.9. The number of alkyl carbamates (subject to hydrolysis) is 1. The Bertz CT molecular complexity index is 704. The third-order valence-electron chi connectivity index (χ3n) is 5.64. The van der Waals surface area contributed by atoms with E-state index >= 15 is 0 Å². The topological polar surface area (TPSA) is 96.7 Å². The largest absolute Gasteiger partial charge is 0.445 e. The molecule has 0 spiro atoms. The van der Waals surface area contributed by atoms with Gasteiger partial charge >= 0.3 is 6.09 Å². The van der Waals surface area contributed by atoms with Crippen molar-refractivity contribution in [3.05, 3.63) is 35.9 Å². The molecule has 29 heavy (non-hydrogen) atoms. The molecule has 0 aromatic heterocycles. The van der Waals surface area contributed by atoms with E-state index in [4.69, 9.17) is 10.5 Å². The van der Waals surface area contributed by atoms with Crippen LogP contribution in [0.15, 0.2) is 30.3 Å². The number of likely N-dealkylation sites (tertiary alicyclic amines) is 1. The highest BCUT2D eigenvalue weighted by atomic mass is 16.5. The second kappa shape index (κ2) is 9.13. The molecule has 1 aliphatic heterocycles. The Balaban J connectivity index is 1.47. The van der Waals surface area contributed by atoms with Crippen LogP contribution >= 0.6 is 0 Å². The van der Waals surface area contributed by atoms with Crippen LogP contribution < -0.4 is 16.4 Å². The summed E-state index contributed by atoms with van der Waals surface area (Å²) in [5.74, 6) is -0.0515. The fourth-order valence-corrected chi connectivity index (χ4v) is 4.39. The van der Waals surface area contributed by atoms with Gasteiger partial charge in [0, 0.05) is 30.2 Å². The number of amides is 2. The first kappa shape index (κ1) is 21.6. The molecule has 1 heterocycles. The Labute approximate surface area is 173 Å². The fraction of sp³-hybridized carbons (Fsp3) is 0.636. The van der Waals surface area contributed by atoms with Crippen molar-refractivity contribution in [2.45, 2.75) is 82.8 Å². The molecule has 1 aromatic carbocycles. The second-order valence-corrected chi connectivity index (χ2v) is 9.21. The smallest absolute Gasteiger partial charge is 0.408 e. The molecule has 160 valence electrons. The number of nitrogens with one attached hydrogen (secondary N) is 2. The minimum Gasteiger partial charge on any atom is -0.445 e. The van der Waals surface area contributed by atoms with Crippen molar-refractivity contribution in [3.8, 4) is 0 Å². The van der Waals surface area contributed by atoms with Gasteiger partial charge in [0.05, 0.1) is 0 Å². The van der Waals surface area contributed by atoms with Crippen LogP contribution in [0, 0.1) is 0 Å². The molecule has 1 unspecified atom stereocenters. The highest BCUT2D eigenvalue weighted by Crippen LogP contribution is 2.27. The Morgan fingerprint density at radius 2 is 1.93 bits per heavy atom. The lowest BCUT2D eigenvalue weighted by Gasteiger charge is -2.41. The second-order valence-electron chi connectivity index (χ2n) is 9.21. The van der Waals surface area contributed by atoms with Crippen molar-refractivity contribution in [3.63, 3.8) is 0 Å². The van der Waals surface area contributed by atoms with Gasteiger partial charge in [-0.25, -0.2) is 4.79 Å². The Kier molecular flexibility index (Phi) is 6.80. The summed E-state index contributed by atoms with van der Waals surface area (Å²) in [7, 11) is 0. The quantitative estimate of drug-likeness (QED) is 0.701. The van der Waals surface area contributed by atoms with Gasteiger partial charge in [0.1, 0.15) is 12.6 Å². The molecule has 1 aromatic rings. The first-order valence-electron chi connectivity index (χ1n) is 10.5. The lowest BCUT2D eigenvalue weighted by atomic mass is 9.85.